The van der Waals surface area contributed by atoms with Gasteiger partial charge < -0.3 is 9.97 Å². The summed E-state index contributed by atoms with van der Waals surface area (Å²) in [6.07, 6.45) is 8.09. The Morgan fingerprint density at radius 1 is 0.373 bits per heavy atom. The van der Waals surface area contributed by atoms with E-state index in [1.807, 2.05) is 176 Å². The molecule has 0 saturated carbocycles. The van der Waals surface area contributed by atoms with Crippen molar-refractivity contribution < 1.29 is 15.4 Å². The Morgan fingerprint density at radius 3 is 0.843 bits per heavy atom. The molecule has 2 N–H and O–H groups in total. The molecule has 0 amide bonds. The molecule has 2 aliphatic heterocycles. The van der Waals surface area contributed by atoms with Crippen molar-refractivity contribution in [2.24, 2.45) is 0 Å². The molecule has 0 aliphatic carbocycles. The number of hydrogen-bond acceptors (Lipinski definition) is 3. The number of benzene rings is 4. The normalized spacial score (nSPS) is 13.4. The van der Waals surface area contributed by atoms with E-state index in [9.17, 15) is 0 Å². The first kappa shape index (κ1) is 32.1. The van der Waals surface area contributed by atoms with Gasteiger partial charge in [-0.25, -0.2) is 9.97 Å². The molecule has 248 valence electrons. The van der Waals surface area contributed by atoms with Crippen molar-refractivity contribution in [1.29, 1.82) is 0 Å². The summed E-state index contributed by atoms with van der Waals surface area (Å²) in [6, 6.07) is 56.2. The van der Waals surface area contributed by atoms with E-state index in [4.69, 9.17) is 0 Å². The van der Waals surface area contributed by atoms with Crippen LogP contribution >= 0.6 is 0 Å². The number of H-pyrrole nitrogens is 2. The number of rotatable bonds is 4. The Kier molecular flexibility index (Phi) is 7.76. The van der Waals surface area contributed by atoms with E-state index in [2.05, 4.69) is 44.2 Å². The van der Waals surface area contributed by atoms with E-state index in [1.54, 1.807) is 0 Å². The summed E-state index contributed by atoms with van der Waals surface area (Å²) in [4.78, 5) is 16.0. The fraction of sp³-hybridized carbons (Fsp3) is 0.0222. The fourth-order valence-electron chi connectivity index (χ4n) is 7.28. The Balaban J connectivity index is 0.000000147. The van der Waals surface area contributed by atoms with Crippen LogP contribution in [0, 0.1) is 0 Å². The van der Waals surface area contributed by atoms with Crippen LogP contribution in [0.5, 0.6) is 0 Å². The van der Waals surface area contributed by atoms with Gasteiger partial charge in [0.1, 0.15) is 0 Å². The van der Waals surface area contributed by atoms with Gasteiger partial charge in [-0.2, -0.15) is 0 Å². The average molecular weight is 701 g/mol. The monoisotopic (exact) mass is 700 g/mol. The second-order valence-corrected chi connectivity index (χ2v) is 23.2. The molecule has 7 aromatic rings. The maximum atomic E-state index is 16.2. The summed E-state index contributed by atoms with van der Waals surface area (Å²) < 4.78 is 19.7. The van der Waals surface area contributed by atoms with Gasteiger partial charge in [-0.05, 0) is 72.8 Å². The van der Waals surface area contributed by atoms with Crippen molar-refractivity contribution in [3.63, 3.8) is 0 Å². The molecular weight excluding hydrogens is 663 g/mol. The summed E-state index contributed by atoms with van der Waals surface area (Å²) in [5, 5.41) is 0. The summed E-state index contributed by atoms with van der Waals surface area (Å²) in [7, 11) is 0. The van der Waals surface area contributed by atoms with Crippen LogP contribution < -0.4 is 17.1 Å². The number of aromatic amines is 2. The van der Waals surface area contributed by atoms with Crippen molar-refractivity contribution in [2.45, 2.75) is 5.64 Å². The zero-order valence-corrected chi connectivity index (χ0v) is 29.6. The molecule has 4 aromatic carbocycles. The van der Waals surface area contributed by atoms with E-state index in [0.29, 0.717) is 0 Å². The third-order valence-electron chi connectivity index (χ3n) is 10.1. The molecule has 9 rings (SSSR count). The molecule has 5 nitrogen and oxygen atoms in total. The number of nitrogens with one attached hydrogen (secondary N) is 2. The molecule has 0 unspecified atom stereocenters. The number of fused-ring (bicyclic) bond motifs is 8. The minimum absolute atomic E-state index is 0.866. The summed E-state index contributed by atoms with van der Waals surface area (Å²) in [5.41, 5.74) is 9.86. The van der Waals surface area contributed by atoms with Crippen LogP contribution in [0.25, 0.3) is 46.4 Å². The van der Waals surface area contributed by atoms with Crippen LogP contribution in [0.2, 0.25) is 5.64 Å². The molecule has 8 bridgehead atoms. The van der Waals surface area contributed by atoms with Gasteiger partial charge in [-0.3, -0.25) is 0 Å². The van der Waals surface area contributed by atoms with Gasteiger partial charge in [0, 0.05) is 22.1 Å². The van der Waals surface area contributed by atoms with Gasteiger partial charge in [-0.1, -0.05) is 0 Å². The van der Waals surface area contributed by atoms with Crippen LogP contribution in [-0.2, 0) is 15.4 Å². The average Bonchev–Trinajstić information content (AvgIpc) is 4.01. The van der Waals surface area contributed by atoms with Gasteiger partial charge in [0.05, 0.1) is 22.8 Å². The van der Waals surface area contributed by atoms with Crippen molar-refractivity contribution in [1.82, 2.24) is 19.9 Å². The molecule has 51 heavy (non-hydrogen) atoms. The van der Waals surface area contributed by atoms with Crippen LogP contribution in [-0.4, -0.2) is 19.9 Å². The van der Waals surface area contributed by atoms with Crippen LogP contribution in [0.4, 0.5) is 0 Å². The Labute approximate surface area is 295 Å². The van der Waals surface area contributed by atoms with Gasteiger partial charge in [0.2, 0.25) is 0 Å². The quantitative estimate of drug-likeness (QED) is 0.193. The van der Waals surface area contributed by atoms with Crippen molar-refractivity contribution in [3.05, 3.63) is 193 Å². The topological polar surface area (TPSA) is 74.4 Å². The van der Waals surface area contributed by atoms with E-state index in [0.717, 1.165) is 61.9 Å². The van der Waals surface area contributed by atoms with E-state index in [-0.39, 0.29) is 0 Å². The fourth-order valence-corrected chi connectivity index (χ4v) is 16.6. The summed E-state index contributed by atoms with van der Waals surface area (Å²) in [6.45, 7) is 0. The second kappa shape index (κ2) is 12.3. The molecule has 0 fully saturated rings. The number of hydrogen-bond donors (Lipinski definition) is 2. The van der Waals surface area contributed by atoms with Crippen molar-refractivity contribution >= 4 is 63.5 Å². The molecule has 2 aliphatic rings. The predicted molar refractivity (Wildman–Crippen MR) is 210 cm³/mol. The van der Waals surface area contributed by atoms with E-state index >= 15 is 3.67 Å². The molecule has 5 heterocycles. The summed E-state index contributed by atoms with van der Waals surface area (Å²) in [5.74, 6) is 0. The minimum atomic E-state index is -5.50. The first-order valence-corrected chi connectivity index (χ1v) is 21.8. The number of nitrogens with zero attached hydrogens (tertiary/aromatic N) is 2. The molecular formula is C45H37N4OV. The van der Waals surface area contributed by atoms with Gasteiger partial charge >= 0.3 is 159 Å². The summed E-state index contributed by atoms with van der Waals surface area (Å²) >= 11 is -5.50. The van der Waals surface area contributed by atoms with Crippen molar-refractivity contribution in [3.8, 4) is 0 Å². The molecule has 6 heteroatoms. The van der Waals surface area contributed by atoms with Crippen LogP contribution in [0.1, 0.15) is 22.8 Å². The third kappa shape index (κ3) is 5.53. The van der Waals surface area contributed by atoms with Gasteiger partial charge in [-0.15, -0.1) is 0 Å². The first-order chi connectivity index (χ1) is 24.8. The van der Waals surface area contributed by atoms with Crippen molar-refractivity contribution in [2.75, 3.05) is 0 Å². The van der Waals surface area contributed by atoms with E-state index < -0.39 is 11.7 Å². The van der Waals surface area contributed by atoms with E-state index in [1.165, 1.54) is 0 Å². The third-order valence-corrected chi connectivity index (χ3v) is 21.3. The predicted octanol–water partition coefficient (Wildman–Crippen LogP) is 8.56. The molecule has 0 atom stereocenters. The zero-order chi connectivity index (χ0) is 34.8. The first-order valence-electron chi connectivity index (χ1n) is 17.0. The SMILES string of the molecule is C1=Cc2cc3ccc(cc4nc(cc5ccc(cc1n2)[nH]5)C=C4)[nH]3.[CH3][V](=[O])([c]1ccccc1)([c]1ccccc1)([c]1ccccc1)[c]1ccccc1. The molecule has 0 spiro atoms. The second-order valence-electron chi connectivity index (χ2n) is 13.4. The molecule has 0 radical (unpaired) electrons. The Morgan fingerprint density at radius 2 is 0.608 bits per heavy atom. The standard InChI is InChI=1S/C20H14N4.4C6H5.CH3.O.V/c1-2-14-10-16-5-6-18(23-16)12-20-8-7-19(24-20)11-17-4-3-15(22-17)9-13(1)21-14;4*1-2-4-6-5-3-1;;;/h1-12,21,24H;4*1-5H;1H3;;. The molecule has 3 aromatic heterocycles. The maximum absolute atomic E-state index is 16.2. The molecule has 0 saturated heterocycles. The van der Waals surface area contributed by atoms with Gasteiger partial charge in [0.25, 0.3) is 0 Å². The number of aromatic nitrogens is 4. The Hall–Kier alpha value is -6.14. The zero-order valence-electron chi connectivity index (χ0n) is 28.2. The van der Waals surface area contributed by atoms with Crippen LogP contribution in [0.3, 0.4) is 0 Å². The van der Waals surface area contributed by atoms with Gasteiger partial charge in [0.15, 0.2) is 0 Å². The van der Waals surface area contributed by atoms with Crippen LogP contribution in [0.15, 0.2) is 170 Å². The Bertz CT molecular complexity index is 2330.